The van der Waals surface area contributed by atoms with Gasteiger partial charge in [0.05, 0.1) is 7.11 Å². The van der Waals surface area contributed by atoms with Gasteiger partial charge in [-0.15, -0.1) is 0 Å². The van der Waals surface area contributed by atoms with Crippen LogP contribution in [0, 0.1) is 5.92 Å². The van der Waals surface area contributed by atoms with Gasteiger partial charge < -0.3 is 10.5 Å². The largest absolute Gasteiger partial charge is 0.496 e. The van der Waals surface area contributed by atoms with Crippen LogP contribution in [0.3, 0.4) is 0 Å². The minimum absolute atomic E-state index is 0.544. The summed E-state index contributed by atoms with van der Waals surface area (Å²) in [4.78, 5) is 0. The maximum Gasteiger partial charge on any atom is 0.122 e. The topological polar surface area (TPSA) is 35.2 Å². The molecule has 0 fully saturated rings. The molecule has 0 saturated carbocycles. The SMILES string of the molecule is COc1cccc2c1C(C(C)CN)CC2. The van der Waals surface area contributed by atoms with Crippen molar-refractivity contribution >= 4 is 0 Å². The number of rotatable bonds is 3. The average Bonchev–Trinajstić information content (AvgIpc) is 2.71. The lowest BCUT2D eigenvalue weighted by Gasteiger charge is -2.20. The Labute approximate surface area is 91.4 Å². The highest BCUT2D eigenvalue weighted by molar-refractivity contribution is 5.46. The molecule has 1 aliphatic rings. The van der Waals surface area contributed by atoms with E-state index in [0.29, 0.717) is 11.8 Å². The summed E-state index contributed by atoms with van der Waals surface area (Å²) in [6.07, 6.45) is 2.38. The van der Waals surface area contributed by atoms with Crippen molar-refractivity contribution < 1.29 is 4.74 Å². The number of methoxy groups -OCH3 is 1. The zero-order valence-electron chi connectivity index (χ0n) is 9.49. The van der Waals surface area contributed by atoms with E-state index in [1.807, 2.05) is 0 Å². The van der Waals surface area contributed by atoms with Gasteiger partial charge in [-0.1, -0.05) is 19.1 Å². The molecule has 0 aromatic heterocycles. The second-order valence-electron chi connectivity index (χ2n) is 4.39. The monoisotopic (exact) mass is 205 g/mol. The number of hydrogen-bond donors (Lipinski definition) is 1. The van der Waals surface area contributed by atoms with Gasteiger partial charge in [0.1, 0.15) is 5.75 Å². The van der Waals surface area contributed by atoms with Crippen LogP contribution >= 0.6 is 0 Å². The van der Waals surface area contributed by atoms with Crippen LogP contribution in [0.5, 0.6) is 5.75 Å². The summed E-state index contributed by atoms with van der Waals surface area (Å²) in [7, 11) is 1.75. The van der Waals surface area contributed by atoms with Crippen molar-refractivity contribution in [2.24, 2.45) is 11.7 Å². The molecular formula is C13H19NO. The quantitative estimate of drug-likeness (QED) is 0.822. The molecule has 0 heterocycles. The van der Waals surface area contributed by atoms with Crippen molar-refractivity contribution in [1.82, 2.24) is 0 Å². The van der Waals surface area contributed by atoms with E-state index >= 15 is 0 Å². The second kappa shape index (κ2) is 4.23. The molecule has 0 spiro atoms. The Morgan fingerprint density at radius 2 is 2.33 bits per heavy atom. The van der Waals surface area contributed by atoms with Gasteiger partial charge in [-0.05, 0) is 42.9 Å². The van der Waals surface area contributed by atoms with Gasteiger partial charge in [0.25, 0.3) is 0 Å². The van der Waals surface area contributed by atoms with Crippen LogP contribution in [0.15, 0.2) is 18.2 Å². The molecule has 15 heavy (non-hydrogen) atoms. The van der Waals surface area contributed by atoms with Crippen molar-refractivity contribution in [2.45, 2.75) is 25.7 Å². The Kier molecular flexibility index (Phi) is 2.96. The van der Waals surface area contributed by atoms with E-state index < -0.39 is 0 Å². The van der Waals surface area contributed by atoms with Gasteiger partial charge in [-0.3, -0.25) is 0 Å². The van der Waals surface area contributed by atoms with Crippen LogP contribution in [-0.2, 0) is 6.42 Å². The van der Waals surface area contributed by atoms with E-state index in [9.17, 15) is 0 Å². The Hall–Kier alpha value is -1.02. The Balaban J connectivity index is 2.39. The number of aryl methyl sites for hydroxylation is 1. The Bertz CT molecular complexity index is 348. The number of ether oxygens (including phenoxy) is 1. The highest BCUT2D eigenvalue weighted by Gasteiger charge is 2.29. The zero-order chi connectivity index (χ0) is 10.8. The highest BCUT2D eigenvalue weighted by atomic mass is 16.5. The van der Waals surface area contributed by atoms with E-state index in [1.54, 1.807) is 7.11 Å². The fourth-order valence-electron chi connectivity index (χ4n) is 2.59. The predicted molar refractivity (Wildman–Crippen MR) is 62.3 cm³/mol. The third kappa shape index (κ3) is 1.74. The van der Waals surface area contributed by atoms with Crippen molar-refractivity contribution in [2.75, 3.05) is 13.7 Å². The van der Waals surface area contributed by atoms with Crippen LogP contribution in [0.1, 0.15) is 30.4 Å². The van der Waals surface area contributed by atoms with Crippen molar-refractivity contribution in [3.63, 3.8) is 0 Å². The van der Waals surface area contributed by atoms with Crippen molar-refractivity contribution in [1.29, 1.82) is 0 Å². The maximum atomic E-state index is 5.76. The van der Waals surface area contributed by atoms with Crippen LogP contribution in [0.25, 0.3) is 0 Å². The van der Waals surface area contributed by atoms with Crippen molar-refractivity contribution in [3.8, 4) is 5.75 Å². The molecule has 0 amide bonds. The molecule has 2 rings (SSSR count). The Morgan fingerprint density at radius 3 is 3.00 bits per heavy atom. The van der Waals surface area contributed by atoms with Gasteiger partial charge in [0.2, 0.25) is 0 Å². The van der Waals surface area contributed by atoms with Gasteiger partial charge >= 0.3 is 0 Å². The van der Waals surface area contributed by atoms with Crippen LogP contribution < -0.4 is 10.5 Å². The number of fused-ring (bicyclic) bond motifs is 1. The molecule has 1 aromatic rings. The number of nitrogens with two attached hydrogens (primary N) is 1. The summed E-state index contributed by atoms with van der Waals surface area (Å²) >= 11 is 0. The van der Waals surface area contributed by atoms with E-state index in [1.165, 1.54) is 24.0 Å². The lowest BCUT2D eigenvalue weighted by atomic mass is 9.88. The highest BCUT2D eigenvalue weighted by Crippen LogP contribution is 2.42. The lowest BCUT2D eigenvalue weighted by molar-refractivity contribution is 0.393. The van der Waals surface area contributed by atoms with Gasteiger partial charge in [0, 0.05) is 5.56 Å². The molecule has 2 heteroatoms. The minimum atomic E-state index is 0.544. The van der Waals surface area contributed by atoms with E-state index in [2.05, 4.69) is 25.1 Å². The summed E-state index contributed by atoms with van der Waals surface area (Å²) < 4.78 is 5.44. The summed E-state index contributed by atoms with van der Waals surface area (Å²) in [6.45, 7) is 2.98. The minimum Gasteiger partial charge on any atom is -0.496 e. The van der Waals surface area contributed by atoms with Crippen LogP contribution in [0.2, 0.25) is 0 Å². The van der Waals surface area contributed by atoms with E-state index in [-0.39, 0.29) is 0 Å². The fourth-order valence-corrected chi connectivity index (χ4v) is 2.59. The standard InChI is InChI=1S/C13H19NO/c1-9(8-14)11-7-6-10-4-3-5-12(15-2)13(10)11/h3-5,9,11H,6-8,14H2,1-2H3. The number of benzene rings is 1. The summed E-state index contributed by atoms with van der Waals surface area (Å²) in [5, 5.41) is 0. The zero-order valence-corrected chi connectivity index (χ0v) is 9.49. The van der Waals surface area contributed by atoms with Crippen LogP contribution in [-0.4, -0.2) is 13.7 Å². The normalized spacial score (nSPS) is 21.1. The predicted octanol–water partition coefficient (Wildman–Crippen LogP) is 2.32. The molecule has 1 aliphatic carbocycles. The molecular weight excluding hydrogens is 186 g/mol. The molecule has 0 bridgehead atoms. The molecule has 0 radical (unpaired) electrons. The lowest BCUT2D eigenvalue weighted by Crippen LogP contribution is -2.17. The molecule has 2 nitrogen and oxygen atoms in total. The average molecular weight is 205 g/mol. The first-order valence-electron chi connectivity index (χ1n) is 5.63. The molecule has 0 aliphatic heterocycles. The summed E-state index contributed by atoms with van der Waals surface area (Å²) in [6, 6.07) is 6.34. The second-order valence-corrected chi connectivity index (χ2v) is 4.39. The van der Waals surface area contributed by atoms with Gasteiger partial charge in [-0.2, -0.15) is 0 Å². The first-order valence-corrected chi connectivity index (χ1v) is 5.63. The number of hydrogen-bond acceptors (Lipinski definition) is 2. The summed E-state index contributed by atoms with van der Waals surface area (Å²) in [5.74, 6) is 2.17. The molecule has 2 atom stereocenters. The summed E-state index contributed by atoms with van der Waals surface area (Å²) in [5.41, 5.74) is 8.60. The van der Waals surface area contributed by atoms with Gasteiger partial charge in [0.15, 0.2) is 0 Å². The molecule has 0 saturated heterocycles. The molecule has 2 N–H and O–H groups in total. The van der Waals surface area contributed by atoms with E-state index in [0.717, 1.165) is 12.3 Å². The van der Waals surface area contributed by atoms with E-state index in [4.69, 9.17) is 10.5 Å². The maximum absolute atomic E-state index is 5.76. The molecule has 1 aromatic carbocycles. The van der Waals surface area contributed by atoms with Crippen molar-refractivity contribution in [3.05, 3.63) is 29.3 Å². The van der Waals surface area contributed by atoms with Gasteiger partial charge in [-0.25, -0.2) is 0 Å². The first-order chi connectivity index (χ1) is 7.27. The van der Waals surface area contributed by atoms with Crippen LogP contribution in [0.4, 0.5) is 0 Å². The third-order valence-corrected chi connectivity index (χ3v) is 3.53. The Morgan fingerprint density at radius 1 is 1.53 bits per heavy atom. The fraction of sp³-hybridized carbons (Fsp3) is 0.538. The third-order valence-electron chi connectivity index (χ3n) is 3.53. The molecule has 82 valence electrons. The first kappa shape index (κ1) is 10.5. The molecule has 2 unspecified atom stereocenters. The smallest absolute Gasteiger partial charge is 0.122 e.